The number of nitrogens with zero attached hydrogens (tertiary/aromatic N) is 2. The number of ether oxygens (including phenoxy) is 2. The summed E-state index contributed by atoms with van der Waals surface area (Å²) in [7, 11) is 1.65. The van der Waals surface area contributed by atoms with Gasteiger partial charge in [-0.3, -0.25) is 0 Å². The maximum atomic E-state index is 5.73. The first-order chi connectivity index (χ1) is 13.7. The van der Waals surface area contributed by atoms with Crippen LogP contribution in [0.1, 0.15) is 18.3 Å². The van der Waals surface area contributed by atoms with Crippen LogP contribution in [-0.2, 0) is 6.42 Å². The lowest BCUT2D eigenvalue weighted by atomic mass is 10.1. The monoisotopic (exact) mass is 378 g/mol. The van der Waals surface area contributed by atoms with Crippen molar-refractivity contribution >= 4 is 17.3 Å². The summed E-state index contributed by atoms with van der Waals surface area (Å²) in [5.74, 6) is 3.84. The molecule has 6 heteroatoms. The van der Waals surface area contributed by atoms with Crippen LogP contribution in [0.4, 0.5) is 17.3 Å². The zero-order valence-electron chi connectivity index (χ0n) is 16.5. The van der Waals surface area contributed by atoms with Crippen molar-refractivity contribution in [1.82, 2.24) is 9.97 Å². The summed E-state index contributed by atoms with van der Waals surface area (Å²) >= 11 is 0. The van der Waals surface area contributed by atoms with Crippen LogP contribution in [0, 0.1) is 6.92 Å². The third-order valence-corrected chi connectivity index (χ3v) is 4.21. The Hall–Kier alpha value is -3.28. The summed E-state index contributed by atoms with van der Waals surface area (Å²) < 4.78 is 10.9. The molecule has 0 spiro atoms. The number of benzene rings is 2. The average molecular weight is 378 g/mol. The smallest absolute Gasteiger partial charge is 0.136 e. The molecule has 1 aromatic heterocycles. The zero-order valence-corrected chi connectivity index (χ0v) is 16.5. The summed E-state index contributed by atoms with van der Waals surface area (Å²) in [6.07, 6.45) is 1.03. The molecule has 0 radical (unpaired) electrons. The number of hydrogen-bond acceptors (Lipinski definition) is 6. The van der Waals surface area contributed by atoms with E-state index in [2.05, 4.69) is 51.8 Å². The van der Waals surface area contributed by atoms with Crippen molar-refractivity contribution in [2.24, 2.45) is 0 Å². The number of hydrogen-bond donors (Lipinski definition) is 2. The van der Waals surface area contributed by atoms with E-state index in [1.807, 2.05) is 37.3 Å². The molecule has 0 amide bonds. The van der Waals surface area contributed by atoms with Crippen LogP contribution in [0.2, 0.25) is 0 Å². The van der Waals surface area contributed by atoms with Gasteiger partial charge in [-0.1, -0.05) is 19.1 Å². The quantitative estimate of drug-likeness (QED) is 0.531. The van der Waals surface area contributed by atoms with Crippen molar-refractivity contribution in [3.05, 3.63) is 66.0 Å². The Balaban J connectivity index is 1.53. The van der Waals surface area contributed by atoms with Crippen LogP contribution >= 0.6 is 0 Å². The van der Waals surface area contributed by atoms with Gasteiger partial charge in [-0.25, -0.2) is 9.97 Å². The highest BCUT2D eigenvalue weighted by Gasteiger charge is 2.03. The number of aryl methyl sites for hydroxylation is 2. The molecule has 1 heterocycles. The third kappa shape index (κ3) is 5.61. The minimum absolute atomic E-state index is 0.524. The minimum Gasteiger partial charge on any atom is -0.497 e. The fraction of sp³-hybridized carbons (Fsp3) is 0.273. The highest BCUT2D eigenvalue weighted by molar-refractivity contribution is 5.59. The van der Waals surface area contributed by atoms with E-state index in [-0.39, 0.29) is 0 Å². The SMILES string of the molecule is CCc1ccc(Nc2cc(NCCOc3ccc(OC)cc3)nc(C)n2)cc1. The first-order valence-corrected chi connectivity index (χ1v) is 9.38. The van der Waals surface area contributed by atoms with Crippen molar-refractivity contribution in [3.63, 3.8) is 0 Å². The minimum atomic E-state index is 0.524. The summed E-state index contributed by atoms with van der Waals surface area (Å²) in [4.78, 5) is 8.89. The molecule has 0 unspecified atom stereocenters. The Morgan fingerprint density at radius 1 is 0.893 bits per heavy atom. The first kappa shape index (κ1) is 19.5. The van der Waals surface area contributed by atoms with Crippen molar-refractivity contribution in [3.8, 4) is 11.5 Å². The third-order valence-electron chi connectivity index (χ3n) is 4.21. The van der Waals surface area contributed by atoms with E-state index in [4.69, 9.17) is 9.47 Å². The van der Waals surface area contributed by atoms with E-state index in [1.165, 1.54) is 5.56 Å². The average Bonchev–Trinajstić information content (AvgIpc) is 2.72. The molecule has 0 atom stereocenters. The molecule has 146 valence electrons. The van der Waals surface area contributed by atoms with Crippen LogP contribution in [0.15, 0.2) is 54.6 Å². The van der Waals surface area contributed by atoms with Crippen molar-refractivity contribution < 1.29 is 9.47 Å². The van der Waals surface area contributed by atoms with Crippen LogP contribution in [-0.4, -0.2) is 30.2 Å². The van der Waals surface area contributed by atoms with Gasteiger partial charge in [0.1, 0.15) is 35.6 Å². The van der Waals surface area contributed by atoms with Gasteiger partial charge in [-0.15, -0.1) is 0 Å². The van der Waals surface area contributed by atoms with Gasteiger partial charge in [0.2, 0.25) is 0 Å². The van der Waals surface area contributed by atoms with E-state index in [9.17, 15) is 0 Å². The Morgan fingerprint density at radius 2 is 1.57 bits per heavy atom. The van der Waals surface area contributed by atoms with Crippen molar-refractivity contribution in [2.45, 2.75) is 20.3 Å². The fourth-order valence-electron chi connectivity index (χ4n) is 2.71. The van der Waals surface area contributed by atoms with Crippen molar-refractivity contribution in [2.75, 3.05) is 30.9 Å². The topological polar surface area (TPSA) is 68.3 Å². The molecular weight excluding hydrogens is 352 g/mol. The standard InChI is InChI=1S/C22H26N4O2/c1-4-17-5-7-18(8-6-17)26-22-15-21(24-16(2)25-22)23-13-14-28-20-11-9-19(27-3)10-12-20/h5-12,15H,4,13-14H2,1-3H3,(H2,23,24,25,26). The first-order valence-electron chi connectivity index (χ1n) is 9.38. The lowest BCUT2D eigenvalue weighted by Crippen LogP contribution is -2.13. The molecule has 28 heavy (non-hydrogen) atoms. The highest BCUT2D eigenvalue weighted by atomic mass is 16.5. The molecule has 0 saturated carbocycles. The second-order valence-electron chi connectivity index (χ2n) is 6.31. The second-order valence-corrected chi connectivity index (χ2v) is 6.31. The van der Waals surface area contributed by atoms with Crippen LogP contribution in [0.5, 0.6) is 11.5 Å². The molecule has 2 N–H and O–H groups in total. The molecule has 0 aliphatic carbocycles. The summed E-state index contributed by atoms with van der Waals surface area (Å²) in [6, 6.07) is 17.8. The lowest BCUT2D eigenvalue weighted by Gasteiger charge is -2.11. The largest absolute Gasteiger partial charge is 0.497 e. The summed E-state index contributed by atoms with van der Waals surface area (Å²) in [5, 5.41) is 6.61. The number of methoxy groups -OCH3 is 1. The number of nitrogens with one attached hydrogen (secondary N) is 2. The predicted octanol–water partition coefficient (Wildman–Crippen LogP) is 4.59. The Kier molecular flexibility index (Phi) is 6.68. The number of rotatable bonds is 9. The number of anilines is 3. The molecule has 0 saturated heterocycles. The van der Waals surface area contributed by atoms with Gasteiger partial charge in [0.25, 0.3) is 0 Å². The predicted molar refractivity (Wildman–Crippen MR) is 113 cm³/mol. The summed E-state index contributed by atoms with van der Waals surface area (Å²) in [5.41, 5.74) is 2.31. The summed E-state index contributed by atoms with van der Waals surface area (Å²) in [6.45, 7) is 5.18. The van der Waals surface area contributed by atoms with Gasteiger partial charge in [0, 0.05) is 11.8 Å². The van der Waals surface area contributed by atoms with E-state index in [1.54, 1.807) is 7.11 Å². The van der Waals surface area contributed by atoms with Gasteiger partial charge in [0.05, 0.1) is 13.7 Å². The molecule has 3 aromatic rings. The maximum Gasteiger partial charge on any atom is 0.136 e. The maximum absolute atomic E-state index is 5.73. The second kappa shape index (κ2) is 9.60. The zero-order chi connectivity index (χ0) is 19.8. The van der Waals surface area contributed by atoms with E-state index < -0.39 is 0 Å². The van der Waals surface area contributed by atoms with Gasteiger partial charge in [-0.2, -0.15) is 0 Å². The molecule has 0 fully saturated rings. The lowest BCUT2D eigenvalue weighted by molar-refractivity contribution is 0.331. The molecule has 0 aliphatic heterocycles. The van der Waals surface area contributed by atoms with Gasteiger partial charge < -0.3 is 20.1 Å². The van der Waals surface area contributed by atoms with Crippen LogP contribution < -0.4 is 20.1 Å². The molecule has 2 aromatic carbocycles. The normalized spacial score (nSPS) is 10.4. The molecular formula is C22H26N4O2. The van der Waals surface area contributed by atoms with Crippen LogP contribution in [0.25, 0.3) is 0 Å². The van der Waals surface area contributed by atoms with Crippen molar-refractivity contribution in [1.29, 1.82) is 0 Å². The molecule has 3 rings (SSSR count). The van der Waals surface area contributed by atoms with Gasteiger partial charge in [0.15, 0.2) is 0 Å². The van der Waals surface area contributed by atoms with E-state index >= 15 is 0 Å². The Labute approximate surface area is 166 Å². The van der Waals surface area contributed by atoms with E-state index in [0.717, 1.165) is 35.2 Å². The van der Waals surface area contributed by atoms with E-state index in [0.29, 0.717) is 19.0 Å². The van der Waals surface area contributed by atoms with Gasteiger partial charge >= 0.3 is 0 Å². The molecule has 0 bridgehead atoms. The molecule has 6 nitrogen and oxygen atoms in total. The van der Waals surface area contributed by atoms with Gasteiger partial charge in [-0.05, 0) is 55.3 Å². The Morgan fingerprint density at radius 3 is 2.25 bits per heavy atom. The highest BCUT2D eigenvalue weighted by Crippen LogP contribution is 2.19. The number of aromatic nitrogens is 2. The Bertz CT molecular complexity index is 880. The molecule has 0 aliphatic rings. The van der Waals surface area contributed by atoms with Crippen LogP contribution in [0.3, 0.4) is 0 Å². The fourth-order valence-corrected chi connectivity index (χ4v) is 2.71.